The number of ether oxygens (including phenoxy) is 1. The third-order valence-electron chi connectivity index (χ3n) is 7.60. The van der Waals surface area contributed by atoms with Crippen molar-refractivity contribution in [2.75, 3.05) is 19.8 Å². The van der Waals surface area contributed by atoms with E-state index < -0.39 is 28.7 Å². The summed E-state index contributed by atoms with van der Waals surface area (Å²) < 4.78 is 4.97. The second kappa shape index (κ2) is 11.3. The number of thioether (sulfide) groups is 1. The van der Waals surface area contributed by atoms with E-state index in [9.17, 15) is 19.5 Å². The van der Waals surface area contributed by atoms with Gasteiger partial charge in [-0.25, -0.2) is 0 Å². The van der Waals surface area contributed by atoms with Crippen LogP contribution < -0.4 is 0 Å². The first-order chi connectivity index (χ1) is 16.3. The Bertz CT molecular complexity index is 798. The zero-order valence-electron chi connectivity index (χ0n) is 20.8. The van der Waals surface area contributed by atoms with Crippen LogP contribution in [0.4, 0.5) is 0 Å². The van der Waals surface area contributed by atoms with Crippen LogP contribution in [0, 0.1) is 11.8 Å². The zero-order chi connectivity index (χ0) is 25.0. The minimum absolute atomic E-state index is 0.0202. The molecule has 0 radical (unpaired) electrons. The van der Waals surface area contributed by atoms with Gasteiger partial charge in [0.05, 0.1) is 35.8 Å². The molecule has 2 bridgehead atoms. The average molecular weight is 493 g/mol. The van der Waals surface area contributed by atoms with E-state index in [4.69, 9.17) is 4.74 Å². The molecule has 3 fully saturated rings. The molecule has 6 atom stereocenters. The maximum Gasteiger partial charge on any atom is 0.310 e. The number of carbonyl (C=O) groups excluding carboxylic acids is 3. The first kappa shape index (κ1) is 26.8. The monoisotopic (exact) mass is 492 g/mol. The second-order valence-corrected chi connectivity index (χ2v) is 11.5. The van der Waals surface area contributed by atoms with Gasteiger partial charge < -0.3 is 19.6 Å². The Labute approximate surface area is 208 Å². The summed E-state index contributed by atoms with van der Waals surface area (Å²) in [5.41, 5.74) is 0. The molecule has 2 unspecified atom stereocenters. The molecule has 0 aromatic carbocycles. The van der Waals surface area contributed by atoms with Crippen molar-refractivity contribution in [2.45, 2.75) is 87.4 Å². The number of rotatable bonds is 13. The Morgan fingerprint density at radius 3 is 2.65 bits per heavy atom. The van der Waals surface area contributed by atoms with Crippen molar-refractivity contribution in [1.29, 1.82) is 0 Å². The molecule has 1 N–H and O–H groups in total. The molecule has 0 saturated carbocycles. The van der Waals surface area contributed by atoms with Crippen LogP contribution in [0.15, 0.2) is 25.3 Å². The van der Waals surface area contributed by atoms with Crippen LogP contribution in [0.2, 0.25) is 0 Å². The molecule has 3 aliphatic heterocycles. The lowest BCUT2D eigenvalue weighted by Gasteiger charge is -2.40. The van der Waals surface area contributed by atoms with E-state index in [2.05, 4.69) is 13.2 Å². The molecule has 0 aromatic rings. The van der Waals surface area contributed by atoms with Crippen molar-refractivity contribution in [1.82, 2.24) is 9.80 Å². The molecule has 7 nitrogen and oxygen atoms in total. The van der Waals surface area contributed by atoms with Gasteiger partial charge in [0.25, 0.3) is 0 Å². The highest BCUT2D eigenvalue weighted by Crippen LogP contribution is 2.67. The van der Waals surface area contributed by atoms with Crippen LogP contribution in [0.25, 0.3) is 0 Å². The predicted molar refractivity (Wildman–Crippen MR) is 134 cm³/mol. The Hall–Kier alpha value is -1.80. The largest absolute Gasteiger partial charge is 0.465 e. The van der Waals surface area contributed by atoms with Gasteiger partial charge in [0, 0.05) is 17.8 Å². The zero-order valence-corrected chi connectivity index (χ0v) is 21.6. The number of nitrogens with zero attached hydrogens (tertiary/aromatic N) is 2. The molecule has 3 heterocycles. The summed E-state index contributed by atoms with van der Waals surface area (Å²) in [5.74, 6) is -1.78. The summed E-state index contributed by atoms with van der Waals surface area (Å²) in [6.45, 7) is 13.8. The number of hydrogen-bond acceptors (Lipinski definition) is 6. The topological polar surface area (TPSA) is 87.2 Å². The average Bonchev–Trinajstić information content (AvgIpc) is 3.45. The van der Waals surface area contributed by atoms with Gasteiger partial charge in [-0.3, -0.25) is 14.4 Å². The molecular weight excluding hydrogens is 452 g/mol. The van der Waals surface area contributed by atoms with Gasteiger partial charge in [-0.05, 0) is 52.4 Å². The summed E-state index contributed by atoms with van der Waals surface area (Å²) in [7, 11) is 0. The SMILES string of the molecule is C=CCCCCOC(=O)[C@@H]1[C@@H]2CCC3(S2)C(C(=O)N(CC=C)C(C)C)N([C@@H](CC)CO)C(=O)[C@H]13. The number of fused-ring (bicyclic) bond motifs is 1. The predicted octanol–water partition coefficient (Wildman–Crippen LogP) is 3.17. The second-order valence-electron chi connectivity index (χ2n) is 9.87. The molecule has 0 aromatic heterocycles. The van der Waals surface area contributed by atoms with E-state index in [1.807, 2.05) is 26.8 Å². The van der Waals surface area contributed by atoms with Crippen molar-refractivity contribution in [2.24, 2.45) is 11.8 Å². The quantitative estimate of drug-likeness (QED) is 0.241. The van der Waals surface area contributed by atoms with Crippen molar-refractivity contribution >= 4 is 29.5 Å². The molecule has 1 spiro atoms. The number of esters is 1. The first-order valence-electron chi connectivity index (χ1n) is 12.6. The van der Waals surface area contributed by atoms with Crippen LogP contribution in [0.5, 0.6) is 0 Å². The summed E-state index contributed by atoms with van der Waals surface area (Å²) in [6.07, 6.45) is 8.09. The fourth-order valence-corrected chi connectivity index (χ4v) is 8.14. The van der Waals surface area contributed by atoms with Gasteiger partial charge in [-0.2, -0.15) is 0 Å². The van der Waals surface area contributed by atoms with Crippen LogP contribution in [0.1, 0.15) is 59.3 Å². The van der Waals surface area contributed by atoms with Crippen LogP contribution >= 0.6 is 11.8 Å². The number of aliphatic hydroxyl groups is 1. The molecule has 3 aliphatic rings. The van der Waals surface area contributed by atoms with Gasteiger partial charge >= 0.3 is 5.97 Å². The number of hydrogen-bond donors (Lipinski definition) is 1. The van der Waals surface area contributed by atoms with Gasteiger partial charge in [0.15, 0.2) is 0 Å². The summed E-state index contributed by atoms with van der Waals surface area (Å²) in [4.78, 5) is 44.5. The molecular formula is C26H40N2O5S. The summed E-state index contributed by atoms with van der Waals surface area (Å²) in [5, 5.41) is 10.1. The fourth-order valence-electron chi connectivity index (χ4n) is 5.96. The van der Waals surface area contributed by atoms with Gasteiger partial charge in [-0.15, -0.1) is 24.9 Å². The third-order valence-corrected chi connectivity index (χ3v) is 9.55. The first-order valence-corrected chi connectivity index (χ1v) is 13.5. The smallest absolute Gasteiger partial charge is 0.310 e. The van der Waals surface area contributed by atoms with E-state index in [1.165, 1.54) is 0 Å². The van der Waals surface area contributed by atoms with Crippen molar-refractivity contribution in [3.05, 3.63) is 25.3 Å². The van der Waals surface area contributed by atoms with Crippen LogP contribution in [-0.2, 0) is 19.1 Å². The Balaban J connectivity index is 1.94. The fraction of sp³-hybridized carbons (Fsp3) is 0.731. The lowest BCUT2D eigenvalue weighted by atomic mass is 9.71. The Morgan fingerprint density at radius 1 is 1.32 bits per heavy atom. The minimum Gasteiger partial charge on any atom is -0.465 e. The van der Waals surface area contributed by atoms with E-state index in [1.54, 1.807) is 27.6 Å². The lowest BCUT2D eigenvalue weighted by Crippen LogP contribution is -2.58. The minimum atomic E-state index is -0.704. The molecule has 8 heteroatoms. The van der Waals surface area contributed by atoms with Crippen molar-refractivity contribution in [3.63, 3.8) is 0 Å². The van der Waals surface area contributed by atoms with Crippen molar-refractivity contribution in [3.8, 4) is 0 Å². The number of likely N-dealkylation sites (tertiary alicyclic amines) is 1. The molecule has 0 aliphatic carbocycles. The normalized spacial score (nSPS) is 30.4. The van der Waals surface area contributed by atoms with E-state index in [0.29, 0.717) is 26.0 Å². The van der Waals surface area contributed by atoms with E-state index in [0.717, 1.165) is 25.7 Å². The van der Waals surface area contributed by atoms with Crippen molar-refractivity contribution < 1.29 is 24.2 Å². The lowest BCUT2D eigenvalue weighted by molar-refractivity contribution is -0.154. The van der Waals surface area contributed by atoms with Gasteiger partial charge in [-0.1, -0.05) is 19.1 Å². The highest BCUT2D eigenvalue weighted by molar-refractivity contribution is 8.02. The maximum absolute atomic E-state index is 14.0. The molecule has 34 heavy (non-hydrogen) atoms. The number of amides is 2. The number of aliphatic hydroxyl groups excluding tert-OH is 1. The van der Waals surface area contributed by atoms with Gasteiger partial charge in [0.1, 0.15) is 6.04 Å². The molecule has 190 valence electrons. The number of allylic oxidation sites excluding steroid dienone is 1. The van der Waals surface area contributed by atoms with Gasteiger partial charge in [0.2, 0.25) is 11.8 Å². The highest BCUT2D eigenvalue weighted by Gasteiger charge is 2.74. The van der Waals surface area contributed by atoms with Crippen LogP contribution in [0.3, 0.4) is 0 Å². The number of carbonyl (C=O) groups is 3. The third kappa shape index (κ3) is 4.55. The Morgan fingerprint density at radius 2 is 2.06 bits per heavy atom. The Kier molecular flexibility index (Phi) is 8.90. The maximum atomic E-state index is 14.0. The molecule has 3 saturated heterocycles. The summed E-state index contributed by atoms with van der Waals surface area (Å²) in [6, 6.07) is -1.23. The van der Waals surface area contributed by atoms with Crippen LogP contribution in [-0.4, -0.2) is 80.6 Å². The number of unbranched alkanes of at least 4 members (excludes halogenated alkanes) is 2. The van der Waals surface area contributed by atoms with E-state index >= 15 is 0 Å². The van der Waals surface area contributed by atoms with E-state index in [-0.39, 0.29) is 35.7 Å². The highest BCUT2D eigenvalue weighted by atomic mass is 32.2. The summed E-state index contributed by atoms with van der Waals surface area (Å²) >= 11 is 1.63. The standard InChI is InChI=1S/C26H40N2O5S/c1-6-9-10-11-15-33-25(32)20-19-12-13-26(34-19)21(20)23(30)28(18(8-3)16-29)22(26)24(31)27(14-7-2)17(4)5/h6-7,17-22,29H,1-2,8-16H2,3-5H3/t18-,19-,20+,21-,22?,26?/m0/s1. The molecule has 2 amide bonds. The molecule has 3 rings (SSSR count).